The van der Waals surface area contributed by atoms with Gasteiger partial charge in [0.15, 0.2) is 5.13 Å². The lowest BCUT2D eigenvalue weighted by atomic mass is 10.1. The minimum absolute atomic E-state index is 0.0212. The van der Waals surface area contributed by atoms with Gasteiger partial charge in [-0.15, -0.1) is 11.3 Å². The van der Waals surface area contributed by atoms with Crippen molar-refractivity contribution in [1.29, 1.82) is 0 Å². The van der Waals surface area contributed by atoms with Crippen LogP contribution in [-0.4, -0.2) is 10.9 Å². The summed E-state index contributed by atoms with van der Waals surface area (Å²) < 4.78 is 0. The number of carbonyl (C=O) groups is 1. The molecule has 4 nitrogen and oxygen atoms in total. The summed E-state index contributed by atoms with van der Waals surface area (Å²) in [4.78, 5) is 16.5. The molecule has 24 heavy (non-hydrogen) atoms. The second kappa shape index (κ2) is 7.75. The number of amides is 1. The van der Waals surface area contributed by atoms with Gasteiger partial charge in [0.05, 0.1) is 12.1 Å². The van der Waals surface area contributed by atoms with E-state index in [-0.39, 0.29) is 5.91 Å². The molecule has 0 aliphatic rings. The molecule has 2 aromatic carbocycles. The fourth-order valence-corrected chi connectivity index (χ4v) is 2.95. The Bertz CT molecular complexity index is 797. The molecule has 0 atom stereocenters. The third-order valence-corrected chi connectivity index (χ3v) is 4.34. The standard InChI is InChI=1S/C19H19N3OS/c1-14-7-9-15(10-8-14)12-20-18(23)11-17-13-24-19(22-17)21-16-5-3-2-4-6-16/h2-10,13H,11-12H2,1H3,(H,20,23)(H,21,22). The number of nitrogens with one attached hydrogen (secondary N) is 2. The first-order valence-corrected chi connectivity index (χ1v) is 8.66. The quantitative estimate of drug-likeness (QED) is 0.713. The van der Waals surface area contributed by atoms with Crippen molar-refractivity contribution in [1.82, 2.24) is 10.3 Å². The molecular weight excluding hydrogens is 318 g/mol. The van der Waals surface area contributed by atoms with Crippen LogP contribution in [0.1, 0.15) is 16.8 Å². The summed E-state index contributed by atoms with van der Waals surface area (Å²) in [6.45, 7) is 2.59. The van der Waals surface area contributed by atoms with E-state index < -0.39 is 0 Å². The van der Waals surface area contributed by atoms with E-state index in [0.717, 1.165) is 22.1 Å². The molecule has 0 unspecified atom stereocenters. The van der Waals surface area contributed by atoms with E-state index in [1.54, 1.807) is 0 Å². The second-order valence-corrected chi connectivity index (χ2v) is 6.43. The Hall–Kier alpha value is -2.66. The van der Waals surface area contributed by atoms with Gasteiger partial charge in [0.25, 0.3) is 0 Å². The maximum atomic E-state index is 12.1. The molecule has 1 heterocycles. The van der Waals surface area contributed by atoms with Crippen LogP contribution < -0.4 is 10.6 Å². The minimum atomic E-state index is -0.0212. The van der Waals surface area contributed by atoms with Crippen LogP contribution in [0.3, 0.4) is 0 Å². The molecule has 0 bridgehead atoms. The number of thiazole rings is 1. The lowest BCUT2D eigenvalue weighted by Crippen LogP contribution is -2.24. The number of aryl methyl sites for hydroxylation is 1. The van der Waals surface area contributed by atoms with Crippen LogP contribution in [-0.2, 0) is 17.8 Å². The van der Waals surface area contributed by atoms with Crippen LogP contribution in [0.15, 0.2) is 60.0 Å². The average molecular weight is 337 g/mol. The number of para-hydroxylation sites is 1. The van der Waals surface area contributed by atoms with Gasteiger partial charge in [-0.1, -0.05) is 48.0 Å². The van der Waals surface area contributed by atoms with Gasteiger partial charge in [-0.05, 0) is 24.6 Å². The van der Waals surface area contributed by atoms with Crippen molar-refractivity contribution in [3.8, 4) is 0 Å². The number of anilines is 2. The zero-order valence-corrected chi connectivity index (χ0v) is 14.3. The van der Waals surface area contributed by atoms with Crippen molar-refractivity contribution in [2.45, 2.75) is 19.9 Å². The molecule has 5 heteroatoms. The molecule has 3 aromatic rings. The van der Waals surface area contributed by atoms with Crippen LogP contribution in [0.2, 0.25) is 0 Å². The average Bonchev–Trinajstić information content (AvgIpc) is 3.02. The van der Waals surface area contributed by atoms with Crippen molar-refractivity contribution < 1.29 is 4.79 Å². The zero-order valence-electron chi connectivity index (χ0n) is 13.5. The van der Waals surface area contributed by atoms with Gasteiger partial charge < -0.3 is 10.6 Å². The number of aromatic nitrogens is 1. The lowest BCUT2D eigenvalue weighted by Gasteiger charge is -2.05. The molecule has 2 N–H and O–H groups in total. The molecule has 1 aromatic heterocycles. The van der Waals surface area contributed by atoms with Gasteiger partial charge in [-0.25, -0.2) is 4.98 Å². The highest BCUT2D eigenvalue weighted by atomic mass is 32.1. The van der Waals surface area contributed by atoms with E-state index in [4.69, 9.17) is 0 Å². The summed E-state index contributed by atoms with van der Waals surface area (Å²) in [5.74, 6) is -0.0212. The molecule has 0 spiro atoms. The fourth-order valence-electron chi connectivity index (χ4n) is 2.22. The third-order valence-electron chi connectivity index (χ3n) is 3.53. The summed E-state index contributed by atoms with van der Waals surface area (Å²) >= 11 is 1.50. The predicted octanol–water partition coefficient (Wildman–Crippen LogP) is 4.05. The SMILES string of the molecule is Cc1ccc(CNC(=O)Cc2csc(Nc3ccccc3)n2)cc1. The summed E-state index contributed by atoms with van der Waals surface area (Å²) in [6.07, 6.45) is 0.291. The molecule has 0 saturated heterocycles. The number of benzene rings is 2. The fraction of sp³-hybridized carbons (Fsp3) is 0.158. The van der Waals surface area contributed by atoms with Crippen LogP contribution in [0.5, 0.6) is 0 Å². The molecular formula is C19H19N3OS. The molecule has 0 aliphatic carbocycles. The van der Waals surface area contributed by atoms with Crippen LogP contribution >= 0.6 is 11.3 Å². The van der Waals surface area contributed by atoms with Gasteiger partial charge in [0.2, 0.25) is 5.91 Å². The van der Waals surface area contributed by atoms with E-state index in [9.17, 15) is 4.79 Å². The third kappa shape index (κ3) is 4.67. The van der Waals surface area contributed by atoms with Crippen molar-refractivity contribution >= 4 is 28.1 Å². The van der Waals surface area contributed by atoms with Crippen LogP contribution in [0, 0.1) is 6.92 Å². The number of nitrogens with zero attached hydrogens (tertiary/aromatic N) is 1. The number of carbonyl (C=O) groups excluding carboxylic acids is 1. The predicted molar refractivity (Wildman–Crippen MR) is 98.6 cm³/mol. The van der Waals surface area contributed by atoms with Gasteiger partial charge in [0, 0.05) is 17.6 Å². The van der Waals surface area contributed by atoms with Crippen molar-refractivity contribution in [3.63, 3.8) is 0 Å². The first-order chi connectivity index (χ1) is 11.7. The van der Waals surface area contributed by atoms with E-state index in [1.807, 2.05) is 66.9 Å². The van der Waals surface area contributed by atoms with Crippen molar-refractivity contribution in [3.05, 3.63) is 76.8 Å². The highest BCUT2D eigenvalue weighted by Crippen LogP contribution is 2.20. The number of hydrogen-bond acceptors (Lipinski definition) is 4. The molecule has 0 saturated carbocycles. The Kier molecular flexibility index (Phi) is 5.23. The smallest absolute Gasteiger partial charge is 0.226 e. The Morgan fingerprint density at radius 3 is 2.58 bits per heavy atom. The maximum Gasteiger partial charge on any atom is 0.226 e. The first-order valence-electron chi connectivity index (χ1n) is 7.78. The molecule has 3 rings (SSSR count). The number of hydrogen-bond donors (Lipinski definition) is 2. The zero-order chi connectivity index (χ0) is 16.8. The topological polar surface area (TPSA) is 54.0 Å². The highest BCUT2D eigenvalue weighted by molar-refractivity contribution is 7.13. The van der Waals surface area contributed by atoms with E-state index in [1.165, 1.54) is 16.9 Å². The summed E-state index contributed by atoms with van der Waals surface area (Å²) in [5, 5.41) is 8.87. The summed E-state index contributed by atoms with van der Waals surface area (Å²) in [6, 6.07) is 18.0. The Morgan fingerprint density at radius 1 is 1.08 bits per heavy atom. The van der Waals surface area contributed by atoms with E-state index >= 15 is 0 Å². The van der Waals surface area contributed by atoms with Gasteiger partial charge in [-0.3, -0.25) is 4.79 Å². The molecule has 122 valence electrons. The van der Waals surface area contributed by atoms with Crippen LogP contribution in [0.4, 0.5) is 10.8 Å². The Labute approximate surface area is 145 Å². The summed E-state index contributed by atoms with van der Waals surface area (Å²) in [5.41, 5.74) is 4.08. The molecule has 0 fully saturated rings. The Balaban J connectivity index is 1.50. The van der Waals surface area contributed by atoms with Gasteiger partial charge >= 0.3 is 0 Å². The lowest BCUT2D eigenvalue weighted by molar-refractivity contribution is -0.120. The van der Waals surface area contributed by atoms with Gasteiger partial charge in [0.1, 0.15) is 0 Å². The van der Waals surface area contributed by atoms with Crippen molar-refractivity contribution in [2.24, 2.45) is 0 Å². The largest absolute Gasteiger partial charge is 0.352 e. The minimum Gasteiger partial charge on any atom is -0.352 e. The second-order valence-electron chi connectivity index (χ2n) is 5.57. The monoisotopic (exact) mass is 337 g/mol. The first kappa shape index (κ1) is 16.2. The van der Waals surface area contributed by atoms with E-state index in [0.29, 0.717) is 13.0 Å². The summed E-state index contributed by atoms with van der Waals surface area (Å²) in [7, 11) is 0. The highest BCUT2D eigenvalue weighted by Gasteiger charge is 2.08. The molecule has 1 amide bonds. The Morgan fingerprint density at radius 2 is 1.83 bits per heavy atom. The molecule has 0 aliphatic heterocycles. The normalized spacial score (nSPS) is 10.4. The van der Waals surface area contributed by atoms with Crippen LogP contribution in [0.25, 0.3) is 0 Å². The van der Waals surface area contributed by atoms with E-state index in [2.05, 4.69) is 15.6 Å². The van der Waals surface area contributed by atoms with Gasteiger partial charge in [-0.2, -0.15) is 0 Å². The van der Waals surface area contributed by atoms with Crippen molar-refractivity contribution in [2.75, 3.05) is 5.32 Å². The number of rotatable bonds is 6. The maximum absolute atomic E-state index is 12.1. The molecule has 0 radical (unpaired) electrons.